The quantitative estimate of drug-likeness (QED) is 0.784. The van der Waals surface area contributed by atoms with E-state index in [0.717, 1.165) is 15.5 Å². The zero-order valence-corrected chi connectivity index (χ0v) is 11.2. The van der Waals surface area contributed by atoms with Gasteiger partial charge < -0.3 is 14.8 Å². The summed E-state index contributed by atoms with van der Waals surface area (Å²) >= 11 is 3.43. The van der Waals surface area contributed by atoms with Crippen LogP contribution in [0.2, 0.25) is 0 Å². The van der Waals surface area contributed by atoms with Crippen molar-refractivity contribution in [3.8, 4) is 0 Å². The van der Waals surface area contributed by atoms with Crippen LogP contribution in [0, 0.1) is 6.92 Å². The van der Waals surface area contributed by atoms with Crippen LogP contribution in [-0.2, 0) is 6.54 Å². The molecule has 0 atom stereocenters. The predicted molar refractivity (Wildman–Crippen MR) is 70.0 cm³/mol. The average Bonchev–Trinajstić information content (AvgIpc) is 2.86. The predicted octanol–water partition coefficient (Wildman–Crippen LogP) is 2.12. The largest absolute Gasteiger partial charge is 0.369 e. The highest BCUT2D eigenvalue weighted by Gasteiger charge is 2.11. The van der Waals surface area contributed by atoms with Gasteiger partial charge in [0.1, 0.15) is 0 Å². The monoisotopic (exact) mass is 307 g/mol. The van der Waals surface area contributed by atoms with Crippen LogP contribution < -0.4 is 5.73 Å². The third-order valence-electron chi connectivity index (χ3n) is 2.61. The van der Waals surface area contributed by atoms with Crippen LogP contribution in [0.5, 0.6) is 0 Å². The zero-order chi connectivity index (χ0) is 12.7. The first-order chi connectivity index (χ1) is 8.63. The molecule has 0 saturated heterocycles. The van der Waals surface area contributed by atoms with Gasteiger partial charge in [-0.25, -0.2) is 4.98 Å². The minimum atomic E-state index is 0.436. The van der Waals surface area contributed by atoms with Crippen molar-refractivity contribution in [2.75, 3.05) is 5.73 Å². The maximum absolute atomic E-state index is 5.91. The lowest BCUT2D eigenvalue weighted by Crippen LogP contribution is -2.05. The molecule has 0 aliphatic heterocycles. The zero-order valence-electron chi connectivity index (χ0n) is 9.59. The highest BCUT2D eigenvalue weighted by Crippen LogP contribution is 2.22. The number of anilines is 1. The van der Waals surface area contributed by atoms with Gasteiger partial charge in [-0.3, -0.25) is 0 Å². The summed E-state index contributed by atoms with van der Waals surface area (Å²) in [6.07, 6.45) is 0. The van der Waals surface area contributed by atoms with Crippen molar-refractivity contribution in [3.63, 3.8) is 0 Å². The standard InChI is InChI=1S/C11H10BrN5O/c1-6-14-10(16-18-6)5-17-9-4-7(12)2-3-8(9)15-11(17)13/h2-4H,5H2,1H3,(H2,13,15). The third-order valence-corrected chi connectivity index (χ3v) is 3.10. The van der Waals surface area contributed by atoms with E-state index in [-0.39, 0.29) is 0 Å². The lowest BCUT2D eigenvalue weighted by atomic mass is 10.3. The molecule has 92 valence electrons. The molecule has 2 aromatic heterocycles. The van der Waals surface area contributed by atoms with Crippen molar-refractivity contribution in [1.82, 2.24) is 19.7 Å². The number of nitrogens with zero attached hydrogens (tertiary/aromatic N) is 4. The molecule has 3 aromatic rings. The fourth-order valence-corrected chi connectivity index (χ4v) is 2.18. The number of hydrogen-bond acceptors (Lipinski definition) is 5. The van der Waals surface area contributed by atoms with Gasteiger partial charge >= 0.3 is 0 Å². The normalized spacial score (nSPS) is 11.2. The lowest BCUT2D eigenvalue weighted by Gasteiger charge is -2.02. The Kier molecular flexibility index (Phi) is 2.55. The molecule has 0 saturated carbocycles. The van der Waals surface area contributed by atoms with Crippen LogP contribution in [0.25, 0.3) is 11.0 Å². The van der Waals surface area contributed by atoms with E-state index in [1.54, 1.807) is 6.92 Å². The van der Waals surface area contributed by atoms with Crippen LogP contribution in [0.15, 0.2) is 27.2 Å². The minimum absolute atomic E-state index is 0.436. The van der Waals surface area contributed by atoms with Gasteiger partial charge in [0.2, 0.25) is 11.8 Å². The van der Waals surface area contributed by atoms with E-state index in [2.05, 4.69) is 31.1 Å². The fourth-order valence-electron chi connectivity index (χ4n) is 1.83. The summed E-state index contributed by atoms with van der Waals surface area (Å²) in [6.45, 7) is 2.19. The molecule has 0 spiro atoms. The van der Waals surface area contributed by atoms with Crippen molar-refractivity contribution >= 4 is 32.9 Å². The molecular weight excluding hydrogens is 298 g/mol. The second-order valence-electron chi connectivity index (χ2n) is 3.92. The van der Waals surface area contributed by atoms with Gasteiger partial charge in [-0.05, 0) is 18.2 Å². The summed E-state index contributed by atoms with van der Waals surface area (Å²) in [5, 5.41) is 3.86. The van der Waals surface area contributed by atoms with Crippen molar-refractivity contribution in [2.45, 2.75) is 13.5 Å². The Labute approximate surface area is 111 Å². The molecule has 0 aliphatic carbocycles. The molecule has 1 aromatic carbocycles. The Morgan fingerprint density at radius 2 is 2.22 bits per heavy atom. The number of benzene rings is 1. The summed E-state index contributed by atoms with van der Waals surface area (Å²) in [7, 11) is 0. The highest BCUT2D eigenvalue weighted by molar-refractivity contribution is 9.10. The lowest BCUT2D eigenvalue weighted by molar-refractivity contribution is 0.386. The summed E-state index contributed by atoms with van der Waals surface area (Å²) in [5.41, 5.74) is 7.69. The number of aryl methyl sites for hydroxylation is 1. The van der Waals surface area contributed by atoms with E-state index in [9.17, 15) is 0 Å². The Morgan fingerprint density at radius 3 is 2.94 bits per heavy atom. The summed E-state index contributed by atoms with van der Waals surface area (Å²) < 4.78 is 7.77. The number of halogens is 1. The Hall–Kier alpha value is -1.89. The van der Waals surface area contributed by atoms with Crippen LogP contribution in [0.1, 0.15) is 11.7 Å². The number of imidazole rings is 1. The van der Waals surface area contributed by atoms with E-state index in [1.807, 2.05) is 22.8 Å². The smallest absolute Gasteiger partial charge is 0.223 e. The molecule has 7 heteroatoms. The van der Waals surface area contributed by atoms with E-state index >= 15 is 0 Å². The summed E-state index contributed by atoms with van der Waals surface area (Å²) in [4.78, 5) is 8.45. The van der Waals surface area contributed by atoms with E-state index < -0.39 is 0 Å². The molecule has 0 unspecified atom stereocenters. The van der Waals surface area contributed by atoms with E-state index in [0.29, 0.717) is 24.2 Å². The van der Waals surface area contributed by atoms with E-state index in [4.69, 9.17) is 10.3 Å². The SMILES string of the molecule is Cc1nc(Cn2c(N)nc3ccc(Br)cc32)no1. The molecule has 3 rings (SSSR count). The number of aromatic nitrogens is 4. The molecule has 0 aliphatic rings. The maximum atomic E-state index is 5.91. The second-order valence-corrected chi connectivity index (χ2v) is 4.83. The first kappa shape index (κ1) is 11.2. The Morgan fingerprint density at radius 1 is 1.39 bits per heavy atom. The number of fused-ring (bicyclic) bond motifs is 1. The van der Waals surface area contributed by atoms with Crippen molar-refractivity contribution < 1.29 is 4.52 Å². The van der Waals surface area contributed by atoms with E-state index in [1.165, 1.54) is 0 Å². The van der Waals surface area contributed by atoms with Gasteiger partial charge in [0.05, 0.1) is 17.6 Å². The number of nitrogen functional groups attached to an aromatic ring is 1. The molecule has 0 amide bonds. The molecule has 18 heavy (non-hydrogen) atoms. The van der Waals surface area contributed by atoms with Gasteiger partial charge in [0.25, 0.3) is 0 Å². The van der Waals surface area contributed by atoms with Crippen LogP contribution >= 0.6 is 15.9 Å². The highest BCUT2D eigenvalue weighted by atomic mass is 79.9. The first-order valence-electron chi connectivity index (χ1n) is 5.34. The number of hydrogen-bond donors (Lipinski definition) is 1. The van der Waals surface area contributed by atoms with Gasteiger partial charge in [-0.1, -0.05) is 21.1 Å². The van der Waals surface area contributed by atoms with Gasteiger partial charge in [-0.15, -0.1) is 0 Å². The Bertz CT molecular complexity index is 717. The molecule has 6 nitrogen and oxygen atoms in total. The van der Waals surface area contributed by atoms with Crippen molar-refractivity contribution in [3.05, 3.63) is 34.4 Å². The first-order valence-corrected chi connectivity index (χ1v) is 6.13. The van der Waals surface area contributed by atoms with Crippen LogP contribution in [-0.4, -0.2) is 19.7 Å². The van der Waals surface area contributed by atoms with Crippen LogP contribution in [0.4, 0.5) is 5.95 Å². The van der Waals surface area contributed by atoms with Gasteiger partial charge in [-0.2, -0.15) is 4.98 Å². The molecule has 0 radical (unpaired) electrons. The summed E-state index contributed by atoms with van der Waals surface area (Å²) in [6, 6.07) is 5.80. The van der Waals surface area contributed by atoms with Gasteiger partial charge in [0, 0.05) is 11.4 Å². The average molecular weight is 308 g/mol. The topological polar surface area (TPSA) is 82.8 Å². The number of nitrogens with two attached hydrogens (primary N) is 1. The fraction of sp³-hybridized carbons (Fsp3) is 0.182. The van der Waals surface area contributed by atoms with Gasteiger partial charge in [0.15, 0.2) is 5.82 Å². The molecule has 0 fully saturated rings. The van der Waals surface area contributed by atoms with Crippen molar-refractivity contribution in [2.24, 2.45) is 0 Å². The third kappa shape index (κ3) is 1.86. The number of rotatable bonds is 2. The maximum Gasteiger partial charge on any atom is 0.223 e. The molecule has 2 N–H and O–H groups in total. The van der Waals surface area contributed by atoms with Crippen molar-refractivity contribution in [1.29, 1.82) is 0 Å². The second kappa shape index (κ2) is 4.09. The molecule has 0 bridgehead atoms. The van der Waals surface area contributed by atoms with Crippen LogP contribution in [0.3, 0.4) is 0 Å². The molecule has 2 heterocycles. The molecular formula is C11H10BrN5O. The minimum Gasteiger partial charge on any atom is -0.369 e. The Balaban J connectivity index is 2.10. The summed E-state index contributed by atoms with van der Waals surface area (Å²) in [5.74, 6) is 1.55.